The lowest BCUT2D eigenvalue weighted by Gasteiger charge is -2.09. The molecule has 3 heterocycles. The lowest BCUT2D eigenvalue weighted by atomic mass is 10.1. The van der Waals surface area contributed by atoms with E-state index in [-0.39, 0.29) is 23.7 Å². The SMILES string of the molecule is [C-]#[N+]c1ncc(-n2cc(-c3ccc(CNC(=O)c4sccc4C)c(F)c3)cn2)cc1C(F)(F)F. The Labute approximate surface area is 195 Å². The molecule has 0 fully saturated rings. The molecular formula is C23H15F4N5OS. The summed E-state index contributed by atoms with van der Waals surface area (Å²) >= 11 is 1.30. The van der Waals surface area contributed by atoms with E-state index in [4.69, 9.17) is 6.57 Å². The number of aromatic nitrogens is 3. The Bertz CT molecular complexity index is 1420. The molecule has 0 radical (unpaired) electrons. The summed E-state index contributed by atoms with van der Waals surface area (Å²) in [5.41, 5.74) is 0.896. The molecule has 0 bridgehead atoms. The first-order valence-corrected chi connectivity index (χ1v) is 10.7. The highest BCUT2D eigenvalue weighted by Crippen LogP contribution is 2.36. The second kappa shape index (κ2) is 9.07. The molecule has 0 spiro atoms. The highest BCUT2D eigenvalue weighted by atomic mass is 32.1. The lowest BCUT2D eigenvalue weighted by molar-refractivity contribution is -0.137. The number of pyridine rings is 1. The Balaban J connectivity index is 1.53. The number of hydrogen-bond donors (Lipinski definition) is 1. The number of benzene rings is 1. The standard InChI is InChI=1S/C23H15F4N5OS/c1-13-5-6-34-20(13)22(33)30-9-15-4-3-14(7-19(15)24)16-10-31-32(12-16)17-8-18(23(25,26)27)21(28-2)29-11-17/h3-8,10-12H,9H2,1H3,(H,30,33). The van der Waals surface area contributed by atoms with Crippen LogP contribution in [0, 0.1) is 19.3 Å². The summed E-state index contributed by atoms with van der Waals surface area (Å²) in [5.74, 6) is -1.58. The van der Waals surface area contributed by atoms with Gasteiger partial charge in [0.1, 0.15) is 17.7 Å². The smallest absolute Gasteiger partial charge is 0.360 e. The van der Waals surface area contributed by atoms with Crippen LogP contribution in [0.5, 0.6) is 0 Å². The zero-order chi connectivity index (χ0) is 24.5. The number of hydrogen-bond acceptors (Lipinski definition) is 4. The Morgan fingerprint density at radius 1 is 1.21 bits per heavy atom. The van der Waals surface area contributed by atoms with Crippen molar-refractivity contribution in [3.63, 3.8) is 0 Å². The molecule has 34 heavy (non-hydrogen) atoms. The van der Waals surface area contributed by atoms with Crippen LogP contribution in [-0.4, -0.2) is 20.7 Å². The lowest BCUT2D eigenvalue weighted by Crippen LogP contribution is -2.23. The van der Waals surface area contributed by atoms with Gasteiger partial charge in [-0.1, -0.05) is 18.7 Å². The Morgan fingerprint density at radius 2 is 2.00 bits per heavy atom. The van der Waals surface area contributed by atoms with Crippen molar-refractivity contribution < 1.29 is 22.4 Å². The first-order chi connectivity index (χ1) is 16.2. The van der Waals surface area contributed by atoms with Crippen LogP contribution in [0.15, 0.2) is 54.3 Å². The fourth-order valence-corrected chi connectivity index (χ4v) is 4.06. The van der Waals surface area contributed by atoms with Gasteiger partial charge in [-0.25, -0.2) is 9.07 Å². The minimum absolute atomic E-state index is 0.000832. The molecule has 6 nitrogen and oxygen atoms in total. The maximum Gasteiger partial charge on any atom is 0.409 e. The van der Waals surface area contributed by atoms with Gasteiger partial charge in [-0.2, -0.15) is 18.3 Å². The van der Waals surface area contributed by atoms with E-state index in [1.54, 1.807) is 11.4 Å². The molecular weight excluding hydrogens is 470 g/mol. The number of carbonyl (C=O) groups is 1. The van der Waals surface area contributed by atoms with Crippen molar-refractivity contribution >= 4 is 23.1 Å². The van der Waals surface area contributed by atoms with Crippen LogP contribution in [0.25, 0.3) is 21.7 Å². The number of carbonyl (C=O) groups excluding carboxylic acids is 1. The summed E-state index contributed by atoms with van der Waals surface area (Å²) in [4.78, 5) is 19.2. The van der Waals surface area contributed by atoms with Crippen molar-refractivity contribution in [1.29, 1.82) is 0 Å². The third kappa shape index (κ3) is 4.67. The van der Waals surface area contributed by atoms with Crippen LogP contribution in [-0.2, 0) is 12.7 Å². The van der Waals surface area contributed by atoms with Crippen LogP contribution >= 0.6 is 11.3 Å². The average molecular weight is 485 g/mol. The molecule has 4 rings (SSSR count). The van der Waals surface area contributed by atoms with Crippen LogP contribution in [0.2, 0.25) is 0 Å². The molecule has 0 aliphatic heterocycles. The van der Waals surface area contributed by atoms with Gasteiger partial charge in [0.25, 0.3) is 11.7 Å². The molecule has 1 amide bonds. The van der Waals surface area contributed by atoms with Gasteiger partial charge in [-0.3, -0.25) is 4.79 Å². The molecule has 1 aromatic carbocycles. The second-order valence-electron chi connectivity index (χ2n) is 7.27. The molecule has 4 aromatic rings. The zero-order valence-electron chi connectivity index (χ0n) is 17.5. The van der Waals surface area contributed by atoms with Gasteiger partial charge in [0.05, 0.1) is 16.6 Å². The molecule has 0 unspecified atom stereocenters. The maximum atomic E-state index is 14.7. The fourth-order valence-electron chi connectivity index (χ4n) is 3.21. The monoisotopic (exact) mass is 485 g/mol. The number of amides is 1. The van der Waals surface area contributed by atoms with Gasteiger partial charge >= 0.3 is 6.18 Å². The molecule has 0 saturated carbocycles. The van der Waals surface area contributed by atoms with Gasteiger partial charge < -0.3 is 10.2 Å². The molecule has 3 aromatic heterocycles. The summed E-state index contributed by atoms with van der Waals surface area (Å²) < 4.78 is 55.5. The van der Waals surface area contributed by atoms with Gasteiger partial charge in [0.15, 0.2) is 0 Å². The quantitative estimate of drug-likeness (QED) is 0.281. The molecule has 0 atom stereocenters. The van der Waals surface area contributed by atoms with E-state index < -0.39 is 23.4 Å². The minimum Gasteiger partial charge on any atom is -0.360 e. The number of nitrogens with zero attached hydrogens (tertiary/aromatic N) is 4. The highest BCUT2D eigenvalue weighted by molar-refractivity contribution is 7.12. The number of rotatable bonds is 5. The van der Waals surface area contributed by atoms with Crippen molar-refractivity contribution in [2.75, 3.05) is 0 Å². The topological polar surface area (TPSA) is 64.2 Å². The van der Waals surface area contributed by atoms with Crippen molar-refractivity contribution in [1.82, 2.24) is 20.1 Å². The van der Waals surface area contributed by atoms with Crippen LogP contribution in [0.4, 0.5) is 23.4 Å². The Hall–Kier alpha value is -4.04. The molecule has 1 N–H and O–H groups in total. The highest BCUT2D eigenvalue weighted by Gasteiger charge is 2.35. The summed E-state index contributed by atoms with van der Waals surface area (Å²) in [7, 11) is 0. The van der Waals surface area contributed by atoms with E-state index in [2.05, 4.69) is 20.2 Å². The van der Waals surface area contributed by atoms with Gasteiger partial charge in [0, 0.05) is 23.9 Å². The van der Waals surface area contributed by atoms with Crippen molar-refractivity contribution in [2.24, 2.45) is 0 Å². The van der Waals surface area contributed by atoms with Gasteiger partial charge in [-0.15, -0.1) is 16.3 Å². The van der Waals surface area contributed by atoms with E-state index in [1.807, 2.05) is 13.0 Å². The normalized spacial score (nSPS) is 11.3. The molecule has 0 saturated heterocycles. The number of thiophene rings is 1. The van der Waals surface area contributed by atoms with E-state index in [9.17, 15) is 22.4 Å². The van der Waals surface area contributed by atoms with Gasteiger partial charge in [0.2, 0.25) is 0 Å². The summed E-state index contributed by atoms with van der Waals surface area (Å²) in [6.45, 7) is 8.69. The Morgan fingerprint density at radius 3 is 2.65 bits per heavy atom. The molecule has 0 aliphatic carbocycles. The number of nitrogens with one attached hydrogen (secondary N) is 1. The molecule has 11 heteroatoms. The van der Waals surface area contributed by atoms with E-state index in [1.165, 1.54) is 40.5 Å². The summed E-state index contributed by atoms with van der Waals surface area (Å²) in [6, 6.07) is 7.04. The van der Waals surface area contributed by atoms with E-state index >= 15 is 0 Å². The third-order valence-corrected chi connectivity index (χ3v) is 6.02. The molecule has 0 aliphatic rings. The second-order valence-corrected chi connectivity index (χ2v) is 8.19. The number of alkyl halides is 3. The largest absolute Gasteiger partial charge is 0.409 e. The van der Waals surface area contributed by atoms with Crippen molar-refractivity contribution in [3.8, 4) is 16.8 Å². The molecule has 172 valence electrons. The maximum absolute atomic E-state index is 14.7. The summed E-state index contributed by atoms with van der Waals surface area (Å²) in [5, 5.41) is 8.54. The zero-order valence-corrected chi connectivity index (χ0v) is 18.3. The minimum atomic E-state index is -4.74. The van der Waals surface area contributed by atoms with Crippen LogP contribution in [0.1, 0.15) is 26.4 Å². The number of aryl methyl sites for hydroxylation is 1. The predicted octanol–water partition coefficient (Wildman–Crippen LogP) is 5.94. The van der Waals surface area contributed by atoms with Crippen molar-refractivity contribution in [3.05, 3.63) is 93.1 Å². The Kier molecular flexibility index (Phi) is 6.17. The average Bonchev–Trinajstić information content (AvgIpc) is 3.46. The first kappa shape index (κ1) is 23.1. The fraction of sp³-hybridized carbons (Fsp3) is 0.130. The predicted molar refractivity (Wildman–Crippen MR) is 118 cm³/mol. The van der Waals surface area contributed by atoms with E-state index in [0.29, 0.717) is 16.0 Å². The van der Waals surface area contributed by atoms with E-state index in [0.717, 1.165) is 17.8 Å². The summed E-state index contributed by atoms with van der Waals surface area (Å²) in [6.07, 6.45) is -0.813. The van der Waals surface area contributed by atoms with Crippen LogP contribution < -0.4 is 5.32 Å². The first-order valence-electron chi connectivity index (χ1n) is 9.78. The number of halogens is 4. The van der Waals surface area contributed by atoms with Gasteiger partial charge in [-0.05, 0) is 41.6 Å². The van der Waals surface area contributed by atoms with Crippen LogP contribution in [0.3, 0.4) is 0 Å². The van der Waals surface area contributed by atoms with Crippen molar-refractivity contribution in [2.45, 2.75) is 19.6 Å². The third-order valence-electron chi connectivity index (χ3n) is 5.00.